The number of rotatable bonds is 12. The molecule has 0 spiro atoms. The standard InChI is InChI=1S/C25H33ClIN3O5/c1-24(2,17-4-8-21(9-5-17)34-15-19(32)12-26)18-6-10-22(11-7-18)35-16-20(33)13-30-25(3,27)23(14-31)28-29-30/h4-11,19-20,23,31-33H,12-16H2,1-3H3. The lowest BCUT2D eigenvalue weighted by molar-refractivity contribution is 0.0542. The Balaban J connectivity index is 1.54. The lowest BCUT2D eigenvalue weighted by Crippen LogP contribution is -2.47. The molecule has 0 amide bonds. The number of hydrogen-bond donors (Lipinski definition) is 3. The summed E-state index contributed by atoms with van der Waals surface area (Å²) in [5.41, 5.74) is 1.99. The molecule has 1 aliphatic heterocycles. The molecule has 35 heavy (non-hydrogen) atoms. The Morgan fingerprint density at radius 3 is 1.91 bits per heavy atom. The zero-order valence-corrected chi connectivity index (χ0v) is 23.1. The second kappa shape index (κ2) is 12.1. The molecule has 4 atom stereocenters. The van der Waals surface area contributed by atoms with E-state index in [0.29, 0.717) is 11.5 Å². The highest BCUT2D eigenvalue weighted by atomic mass is 127. The van der Waals surface area contributed by atoms with Crippen molar-refractivity contribution in [2.45, 2.75) is 48.0 Å². The Morgan fingerprint density at radius 2 is 1.49 bits per heavy atom. The van der Waals surface area contributed by atoms with E-state index in [1.807, 2.05) is 55.5 Å². The maximum atomic E-state index is 10.4. The summed E-state index contributed by atoms with van der Waals surface area (Å²) < 4.78 is 10.9. The van der Waals surface area contributed by atoms with Crippen LogP contribution in [0.2, 0.25) is 0 Å². The number of alkyl halides is 2. The van der Waals surface area contributed by atoms with E-state index in [1.165, 1.54) is 0 Å². The molecule has 0 saturated heterocycles. The topological polar surface area (TPSA) is 107 Å². The fourth-order valence-corrected chi connectivity index (χ4v) is 4.40. The van der Waals surface area contributed by atoms with Gasteiger partial charge in [0.05, 0.1) is 19.0 Å². The molecular weight excluding hydrogens is 585 g/mol. The maximum absolute atomic E-state index is 10.4. The molecule has 192 valence electrons. The molecule has 2 aromatic carbocycles. The van der Waals surface area contributed by atoms with Gasteiger partial charge in [0.15, 0.2) is 0 Å². The van der Waals surface area contributed by atoms with Gasteiger partial charge in [-0.25, -0.2) is 0 Å². The summed E-state index contributed by atoms with van der Waals surface area (Å²) in [6, 6.07) is 15.3. The molecule has 0 aromatic heterocycles. The first-order valence-corrected chi connectivity index (χ1v) is 13.1. The van der Waals surface area contributed by atoms with E-state index < -0.39 is 15.8 Å². The molecule has 4 unspecified atom stereocenters. The summed E-state index contributed by atoms with van der Waals surface area (Å²) in [7, 11) is 0. The van der Waals surface area contributed by atoms with Gasteiger partial charge in [0.25, 0.3) is 0 Å². The molecule has 0 radical (unpaired) electrons. The maximum Gasteiger partial charge on any atom is 0.134 e. The Kier molecular flexibility index (Phi) is 9.61. The molecule has 0 bridgehead atoms. The summed E-state index contributed by atoms with van der Waals surface area (Å²) >= 11 is 7.80. The molecule has 0 aliphatic carbocycles. The Hall–Kier alpha value is -1.66. The van der Waals surface area contributed by atoms with Gasteiger partial charge in [-0.15, -0.1) is 11.6 Å². The Bertz CT molecular complexity index is 972. The first-order chi connectivity index (χ1) is 16.6. The van der Waals surface area contributed by atoms with Crippen molar-refractivity contribution in [3.8, 4) is 11.5 Å². The van der Waals surface area contributed by atoms with Gasteiger partial charge in [-0.1, -0.05) is 65.9 Å². The van der Waals surface area contributed by atoms with Crippen LogP contribution in [-0.4, -0.2) is 74.4 Å². The lowest BCUT2D eigenvalue weighted by Gasteiger charge is -2.31. The van der Waals surface area contributed by atoms with Crippen LogP contribution in [0.25, 0.3) is 0 Å². The van der Waals surface area contributed by atoms with Crippen molar-refractivity contribution in [2.24, 2.45) is 10.3 Å². The third kappa shape index (κ3) is 6.97. The van der Waals surface area contributed by atoms with Crippen LogP contribution in [0, 0.1) is 0 Å². The largest absolute Gasteiger partial charge is 0.491 e. The van der Waals surface area contributed by atoms with Gasteiger partial charge in [-0.05, 0) is 42.3 Å². The number of ether oxygens (including phenoxy) is 2. The summed E-state index contributed by atoms with van der Waals surface area (Å²) in [5.74, 6) is 1.48. The fraction of sp³-hybridized carbons (Fsp3) is 0.520. The normalized spacial score (nSPS) is 21.7. The van der Waals surface area contributed by atoms with Crippen LogP contribution in [0.1, 0.15) is 31.9 Å². The lowest BCUT2D eigenvalue weighted by atomic mass is 9.78. The van der Waals surface area contributed by atoms with Crippen molar-refractivity contribution in [1.82, 2.24) is 5.01 Å². The zero-order valence-electron chi connectivity index (χ0n) is 20.1. The van der Waals surface area contributed by atoms with Crippen molar-refractivity contribution >= 4 is 34.2 Å². The van der Waals surface area contributed by atoms with Gasteiger partial charge in [0, 0.05) is 5.41 Å². The number of halogens is 2. The number of aliphatic hydroxyl groups is 3. The van der Waals surface area contributed by atoms with Crippen molar-refractivity contribution in [1.29, 1.82) is 0 Å². The highest BCUT2D eigenvalue weighted by molar-refractivity contribution is 14.1. The zero-order chi connectivity index (χ0) is 25.6. The summed E-state index contributed by atoms with van der Waals surface area (Å²) in [4.78, 5) is 0. The van der Waals surface area contributed by atoms with E-state index >= 15 is 0 Å². The number of β-amino-alcohol motifs (C(OH)–C–C–N with tert-alkyl or cyclic N) is 1. The van der Waals surface area contributed by atoms with E-state index in [1.54, 1.807) is 5.01 Å². The van der Waals surface area contributed by atoms with Gasteiger partial charge < -0.3 is 24.8 Å². The van der Waals surface area contributed by atoms with Gasteiger partial charge >= 0.3 is 0 Å². The first kappa shape index (κ1) is 27.9. The number of benzene rings is 2. The molecule has 0 fully saturated rings. The van der Waals surface area contributed by atoms with Crippen LogP contribution in [0.4, 0.5) is 0 Å². The van der Waals surface area contributed by atoms with E-state index in [2.05, 4.69) is 46.8 Å². The van der Waals surface area contributed by atoms with Crippen LogP contribution in [0.5, 0.6) is 11.5 Å². The second-order valence-corrected chi connectivity index (χ2v) is 11.8. The van der Waals surface area contributed by atoms with E-state index in [9.17, 15) is 15.3 Å². The van der Waals surface area contributed by atoms with Crippen molar-refractivity contribution in [2.75, 3.05) is 32.2 Å². The van der Waals surface area contributed by atoms with Crippen LogP contribution in [0.3, 0.4) is 0 Å². The minimum atomic E-state index is -0.761. The average molecular weight is 618 g/mol. The molecule has 1 heterocycles. The third-order valence-corrected chi connectivity index (χ3v) is 7.82. The predicted octanol–water partition coefficient (Wildman–Crippen LogP) is 3.93. The predicted molar refractivity (Wildman–Crippen MR) is 144 cm³/mol. The minimum absolute atomic E-state index is 0.0919. The quantitative estimate of drug-likeness (QED) is 0.189. The number of hydrogen-bond acceptors (Lipinski definition) is 8. The first-order valence-electron chi connectivity index (χ1n) is 11.4. The minimum Gasteiger partial charge on any atom is -0.491 e. The summed E-state index contributed by atoms with van der Waals surface area (Å²) in [6.07, 6.45) is -1.45. The van der Waals surface area contributed by atoms with Gasteiger partial charge in [-0.3, -0.25) is 5.01 Å². The van der Waals surface area contributed by atoms with Crippen molar-refractivity contribution in [3.05, 3.63) is 59.7 Å². The summed E-state index contributed by atoms with van der Waals surface area (Å²) in [6.45, 7) is 6.65. The average Bonchev–Trinajstić information content (AvgIpc) is 3.14. The molecule has 8 nitrogen and oxygen atoms in total. The highest BCUT2D eigenvalue weighted by Crippen LogP contribution is 2.36. The third-order valence-electron chi connectivity index (χ3n) is 6.18. The summed E-state index contributed by atoms with van der Waals surface area (Å²) in [5, 5.41) is 39.2. The molecular formula is C25H33ClIN3O5. The van der Waals surface area contributed by atoms with E-state index in [4.69, 9.17) is 21.1 Å². The van der Waals surface area contributed by atoms with E-state index in [0.717, 1.165) is 11.1 Å². The number of aliphatic hydroxyl groups excluding tert-OH is 3. The molecule has 0 saturated carbocycles. The van der Waals surface area contributed by atoms with Gasteiger partial charge in [0.1, 0.15) is 46.5 Å². The monoisotopic (exact) mass is 617 g/mol. The molecule has 1 aliphatic rings. The Labute approximate surface area is 225 Å². The fourth-order valence-electron chi connectivity index (χ4n) is 3.69. The van der Waals surface area contributed by atoms with E-state index in [-0.39, 0.29) is 43.7 Å². The molecule has 2 aromatic rings. The van der Waals surface area contributed by atoms with Crippen LogP contribution < -0.4 is 9.47 Å². The molecule has 3 N–H and O–H groups in total. The molecule has 3 rings (SSSR count). The molecule has 10 heteroatoms. The van der Waals surface area contributed by atoms with Gasteiger partial charge in [-0.2, -0.15) is 5.11 Å². The van der Waals surface area contributed by atoms with Gasteiger partial charge in [0.2, 0.25) is 0 Å². The Morgan fingerprint density at radius 1 is 1.00 bits per heavy atom. The van der Waals surface area contributed by atoms with Crippen molar-refractivity contribution < 1.29 is 24.8 Å². The van der Waals surface area contributed by atoms with Crippen LogP contribution >= 0.6 is 34.2 Å². The van der Waals surface area contributed by atoms with Crippen molar-refractivity contribution in [3.63, 3.8) is 0 Å². The van der Waals surface area contributed by atoms with Crippen LogP contribution in [0.15, 0.2) is 58.9 Å². The number of nitrogens with zero attached hydrogens (tertiary/aromatic N) is 3. The highest BCUT2D eigenvalue weighted by Gasteiger charge is 2.42. The second-order valence-electron chi connectivity index (χ2n) is 9.27. The smallest absolute Gasteiger partial charge is 0.134 e. The van der Waals surface area contributed by atoms with Crippen LogP contribution in [-0.2, 0) is 5.41 Å². The SMILES string of the molecule is CC(C)(c1ccc(OCC(O)CCl)cc1)c1ccc(OCC(O)CN2N=NC(CO)C2(C)I)cc1.